The van der Waals surface area contributed by atoms with Gasteiger partial charge in [-0.2, -0.15) is 0 Å². The van der Waals surface area contributed by atoms with Gasteiger partial charge in [0.1, 0.15) is 6.04 Å². The Morgan fingerprint density at radius 3 is 2.00 bits per heavy atom. The van der Waals surface area contributed by atoms with E-state index in [4.69, 9.17) is 0 Å². The van der Waals surface area contributed by atoms with E-state index in [0.29, 0.717) is 5.56 Å². The van der Waals surface area contributed by atoms with Crippen molar-refractivity contribution in [2.24, 2.45) is 0 Å². The van der Waals surface area contributed by atoms with Crippen LogP contribution in [0.15, 0.2) is 42.5 Å². The van der Waals surface area contributed by atoms with Crippen molar-refractivity contribution in [2.75, 3.05) is 19.1 Å². The average molecular weight is 439 g/mol. The molecule has 1 saturated heterocycles. The molecule has 0 saturated carbocycles. The van der Waals surface area contributed by atoms with Crippen LogP contribution in [0.4, 0.5) is 5.69 Å². The van der Waals surface area contributed by atoms with Gasteiger partial charge in [0.2, 0.25) is 5.91 Å². The first-order chi connectivity index (χ1) is 15.2. The van der Waals surface area contributed by atoms with Crippen LogP contribution in [0.3, 0.4) is 0 Å². The van der Waals surface area contributed by atoms with Crippen molar-refractivity contribution >= 4 is 35.3 Å². The highest BCUT2D eigenvalue weighted by molar-refractivity contribution is 6.23. The standard InChI is InChI=1S/C22H21N3O7/c1-12-4-6-13(7-5-12)19(27)24-23-17-11-18(26)25(20(17)28)16-9-14(21(29)31-2)8-15(10-16)22(30)32-3/h4-10,17,23H,11H2,1-3H3,(H,24,27)/t17-/m0/s1. The summed E-state index contributed by atoms with van der Waals surface area (Å²) in [5.74, 6) is -3.21. The summed E-state index contributed by atoms with van der Waals surface area (Å²) < 4.78 is 9.34. The van der Waals surface area contributed by atoms with Crippen molar-refractivity contribution < 1.29 is 33.4 Å². The summed E-state index contributed by atoms with van der Waals surface area (Å²) in [7, 11) is 2.32. The van der Waals surface area contributed by atoms with Crippen LogP contribution in [-0.4, -0.2) is 49.9 Å². The third-order valence-corrected chi connectivity index (χ3v) is 4.84. The molecule has 3 amide bonds. The van der Waals surface area contributed by atoms with Gasteiger partial charge >= 0.3 is 11.9 Å². The van der Waals surface area contributed by atoms with E-state index < -0.39 is 35.7 Å². The Morgan fingerprint density at radius 2 is 1.47 bits per heavy atom. The fraction of sp³-hybridized carbons (Fsp3) is 0.227. The molecular weight excluding hydrogens is 418 g/mol. The Hall–Kier alpha value is -4.05. The minimum Gasteiger partial charge on any atom is -0.465 e. The second kappa shape index (κ2) is 9.40. The van der Waals surface area contributed by atoms with Gasteiger partial charge in [-0.3, -0.25) is 19.8 Å². The van der Waals surface area contributed by atoms with E-state index in [1.807, 2.05) is 6.92 Å². The zero-order valence-electron chi connectivity index (χ0n) is 17.6. The fourth-order valence-corrected chi connectivity index (χ4v) is 3.16. The number of hydrazine groups is 1. The molecule has 0 bridgehead atoms. The predicted octanol–water partition coefficient (Wildman–Crippen LogP) is 1.13. The molecule has 1 atom stereocenters. The molecule has 166 valence electrons. The fourth-order valence-electron chi connectivity index (χ4n) is 3.16. The number of aryl methyl sites for hydroxylation is 1. The molecule has 0 aliphatic carbocycles. The normalized spacial score (nSPS) is 15.5. The van der Waals surface area contributed by atoms with E-state index in [9.17, 15) is 24.0 Å². The number of nitrogens with one attached hydrogen (secondary N) is 2. The van der Waals surface area contributed by atoms with Crippen LogP contribution >= 0.6 is 0 Å². The molecule has 0 radical (unpaired) electrons. The summed E-state index contributed by atoms with van der Waals surface area (Å²) in [6.07, 6.45) is -0.233. The molecule has 10 nitrogen and oxygen atoms in total. The van der Waals surface area contributed by atoms with Crippen LogP contribution < -0.4 is 15.8 Å². The second-order valence-corrected chi connectivity index (χ2v) is 7.04. The predicted molar refractivity (Wildman–Crippen MR) is 112 cm³/mol. The third kappa shape index (κ3) is 4.65. The molecule has 0 spiro atoms. The Bertz CT molecular complexity index is 1060. The van der Waals surface area contributed by atoms with Crippen LogP contribution in [0.2, 0.25) is 0 Å². The summed E-state index contributed by atoms with van der Waals surface area (Å²) >= 11 is 0. The molecule has 2 aromatic carbocycles. The summed E-state index contributed by atoms with van der Waals surface area (Å²) in [5, 5.41) is 0. The number of anilines is 1. The summed E-state index contributed by atoms with van der Waals surface area (Å²) in [4.78, 5) is 62.5. The van der Waals surface area contributed by atoms with Gasteiger partial charge in [0.15, 0.2) is 0 Å². The lowest BCUT2D eigenvalue weighted by Gasteiger charge is -2.17. The van der Waals surface area contributed by atoms with Crippen molar-refractivity contribution in [1.29, 1.82) is 0 Å². The van der Waals surface area contributed by atoms with Gasteiger partial charge in [0.25, 0.3) is 11.8 Å². The molecule has 0 unspecified atom stereocenters. The number of amides is 3. The first kappa shape index (κ1) is 22.6. The lowest BCUT2D eigenvalue weighted by Crippen LogP contribution is -2.48. The maximum atomic E-state index is 12.9. The van der Waals surface area contributed by atoms with Crippen LogP contribution in [0, 0.1) is 6.92 Å². The molecule has 2 N–H and O–H groups in total. The van der Waals surface area contributed by atoms with E-state index >= 15 is 0 Å². The molecule has 32 heavy (non-hydrogen) atoms. The lowest BCUT2D eigenvalue weighted by molar-refractivity contribution is -0.121. The van der Waals surface area contributed by atoms with Crippen molar-refractivity contribution in [3.63, 3.8) is 0 Å². The highest BCUT2D eigenvalue weighted by Gasteiger charge is 2.40. The van der Waals surface area contributed by atoms with Crippen LogP contribution in [0.5, 0.6) is 0 Å². The van der Waals surface area contributed by atoms with Crippen molar-refractivity contribution in [2.45, 2.75) is 19.4 Å². The number of ether oxygens (including phenoxy) is 2. The lowest BCUT2D eigenvalue weighted by atomic mass is 10.1. The van der Waals surface area contributed by atoms with Gasteiger partial charge in [-0.05, 0) is 37.3 Å². The number of benzene rings is 2. The van der Waals surface area contributed by atoms with Crippen LogP contribution in [0.1, 0.15) is 43.1 Å². The maximum Gasteiger partial charge on any atom is 0.337 e. The highest BCUT2D eigenvalue weighted by Crippen LogP contribution is 2.26. The number of hydrogen-bond donors (Lipinski definition) is 2. The number of rotatable bonds is 6. The summed E-state index contributed by atoms with van der Waals surface area (Å²) in [5.41, 5.74) is 6.32. The average Bonchev–Trinajstić information content (AvgIpc) is 3.09. The van der Waals surface area contributed by atoms with Gasteiger partial charge in [-0.25, -0.2) is 19.9 Å². The van der Waals surface area contributed by atoms with Crippen LogP contribution in [-0.2, 0) is 19.1 Å². The number of hydrogen-bond acceptors (Lipinski definition) is 8. The largest absolute Gasteiger partial charge is 0.465 e. The Kier molecular flexibility index (Phi) is 6.64. The van der Waals surface area contributed by atoms with Gasteiger partial charge < -0.3 is 9.47 Å². The Labute approximate surface area is 183 Å². The quantitative estimate of drug-likeness (QED) is 0.389. The van der Waals surface area contributed by atoms with Gasteiger partial charge in [0.05, 0.1) is 37.5 Å². The molecule has 10 heteroatoms. The van der Waals surface area contributed by atoms with Crippen molar-refractivity contribution in [3.8, 4) is 0 Å². The van der Waals surface area contributed by atoms with Crippen LogP contribution in [0.25, 0.3) is 0 Å². The zero-order chi connectivity index (χ0) is 23.4. The number of esters is 2. The van der Waals surface area contributed by atoms with Gasteiger partial charge in [-0.15, -0.1) is 0 Å². The third-order valence-electron chi connectivity index (χ3n) is 4.84. The number of methoxy groups -OCH3 is 2. The Balaban J connectivity index is 1.80. The first-order valence-corrected chi connectivity index (χ1v) is 9.56. The van der Waals surface area contributed by atoms with E-state index in [-0.39, 0.29) is 23.2 Å². The second-order valence-electron chi connectivity index (χ2n) is 7.04. The number of imide groups is 1. The van der Waals surface area contributed by atoms with E-state index in [1.165, 1.54) is 18.2 Å². The molecule has 1 aliphatic heterocycles. The van der Waals surface area contributed by atoms with Crippen molar-refractivity contribution in [1.82, 2.24) is 10.9 Å². The molecule has 3 rings (SSSR count). The minimum atomic E-state index is -1.03. The molecule has 0 aromatic heterocycles. The molecule has 2 aromatic rings. The SMILES string of the molecule is COC(=O)c1cc(C(=O)OC)cc(N2C(=O)C[C@H](NNC(=O)c3ccc(C)cc3)C2=O)c1. The monoisotopic (exact) mass is 439 g/mol. The highest BCUT2D eigenvalue weighted by atomic mass is 16.5. The van der Waals surface area contributed by atoms with E-state index in [1.54, 1.807) is 24.3 Å². The summed E-state index contributed by atoms with van der Waals surface area (Å²) in [6.45, 7) is 1.89. The smallest absolute Gasteiger partial charge is 0.337 e. The Morgan fingerprint density at radius 1 is 0.906 bits per heavy atom. The van der Waals surface area contributed by atoms with Crippen molar-refractivity contribution in [3.05, 3.63) is 64.7 Å². The molecule has 1 heterocycles. The van der Waals surface area contributed by atoms with E-state index in [2.05, 4.69) is 20.3 Å². The zero-order valence-corrected chi connectivity index (χ0v) is 17.6. The number of carbonyl (C=O) groups excluding carboxylic acids is 5. The minimum absolute atomic E-state index is 0.0115. The van der Waals surface area contributed by atoms with Gasteiger partial charge in [0, 0.05) is 5.56 Å². The maximum absolute atomic E-state index is 12.9. The van der Waals surface area contributed by atoms with Gasteiger partial charge in [-0.1, -0.05) is 17.7 Å². The number of carbonyl (C=O) groups is 5. The molecule has 1 fully saturated rings. The topological polar surface area (TPSA) is 131 Å². The summed E-state index contributed by atoms with van der Waals surface area (Å²) in [6, 6.07) is 9.55. The number of nitrogens with zero attached hydrogens (tertiary/aromatic N) is 1. The molecular formula is C22H21N3O7. The first-order valence-electron chi connectivity index (χ1n) is 9.56. The molecule has 1 aliphatic rings. The van der Waals surface area contributed by atoms with E-state index in [0.717, 1.165) is 24.7 Å².